The van der Waals surface area contributed by atoms with E-state index in [-0.39, 0.29) is 22.6 Å². The number of sulfonamides is 1. The predicted molar refractivity (Wildman–Crippen MR) is 149 cm³/mol. The number of fused-ring (bicyclic) bond motifs is 1. The van der Waals surface area contributed by atoms with Crippen LogP contribution in [0.4, 0.5) is 0 Å². The van der Waals surface area contributed by atoms with Gasteiger partial charge in [-0.05, 0) is 59.7 Å². The van der Waals surface area contributed by atoms with Gasteiger partial charge in [0.25, 0.3) is 0 Å². The molecular formula is C29H34N4O4S. The van der Waals surface area contributed by atoms with Gasteiger partial charge in [0.05, 0.1) is 18.0 Å². The molecule has 1 aliphatic heterocycles. The van der Waals surface area contributed by atoms with Gasteiger partial charge in [0.1, 0.15) is 5.84 Å². The van der Waals surface area contributed by atoms with Crippen molar-refractivity contribution in [3.63, 3.8) is 0 Å². The van der Waals surface area contributed by atoms with E-state index in [0.717, 1.165) is 29.2 Å². The lowest BCUT2D eigenvalue weighted by molar-refractivity contribution is -0.142. The number of esters is 1. The fourth-order valence-electron chi connectivity index (χ4n) is 4.88. The highest BCUT2D eigenvalue weighted by Crippen LogP contribution is 2.26. The van der Waals surface area contributed by atoms with E-state index in [0.29, 0.717) is 37.2 Å². The molecule has 3 aromatic carbocycles. The molecule has 1 heterocycles. The first kappa shape index (κ1) is 27.3. The highest BCUT2D eigenvalue weighted by Gasteiger charge is 2.29. The molecule has 0 spiro atoms. The first-order valence-corrected chi connectivity index (χ1v) is 14.1. The topological polar surface area (TPSA) is 126 Å². The number of nitrogen functional groups attached to an aromatic ring is 1. The van der Waals surface area contributed by atoms with Crippen LogP contribution in [-0.2, 0) is 26.0 Å². The van der Waals surface area contributed by atoms with Crippen LogP contribution < -0.4 is 10.5 Å². The maximum Gasteiger partial charge on any atom is 0.305 e. The molecule has 1 fully saturated rings. The number of nitrogens with two attached hydrogens (primary N) is 1. The molecule has 1 saturated heterocycles. The van der Waals surface area contributed by atoms with Crippen LogP contribution in [0.15, 0.2) is 83.9 Å². The third-order valence-electron chi connectivity index (χ3n) is 7.11. The number of nitrogens with zero attached hydrogens (tertiary/aromatic N) is 1. The number of ether oxygens (including phenoxy) is 1. The zero-order valence-electron chi connectivity index (χ0n) is 21.5. The lowest BCUT2D eigenvalue weighted by Gasteiger charge is -2.37. The van der Waals surface area contributed by atoms with Gasteiger partial charge in [-0.2, -0.15) is 0 Å². The van der Waals surface area contributed by atoms with E-state index < -0.39 is 16.1 Å². The number of carbonyl (C=O) groups is 1. The van der Waals surface area contributed by atoms with Crippen molar-refractivity contribution in [1.29, 1.82) is 5.41 Å². The number of amidine groups is 1. The Labute approximate surface area is 224 Å². The summed E-state index contributed by atoms with van der Waals surface area (Å²) >= 11 is 0. The van der Waals surface area contributed by atoms with E-state index in [1.54, 1.807) is 30.3 Å². The fraction of sp³-hybridized carbons (Fsp3) is 0.310. The molecule has 8 nitrogen and oxygen atoms in total. The van der Waals surface area contributed by atoms with Crippen molar-refractivity contribution >= 4 is 32.6 Å². The van der Waals surface area contributed by atoms with Crippen LogP contribution in [0.2, 0.25) is 0 Å². The minimum atomic E-state index is -3.88. The van der Waals surface area contributed by atoms with Crippen LogP contribution in [0.1, 0.15) is 30.4 Å². The van der Waals surface area contributed by atoms with E-state index in [1.165, 1.54) is 7.11 Å². The highest BCUT2D eigenvalue weighted by molar-refractivity contribution is 7.89. The molecule has 0 bridgehead atoms. The number of hydrogen-bond acceptors (Lipinski definition) is 6. The second-order valence-electron chi connectivity index (χ2n) is 9.70. The Morgan fingerprint density at radius 2 is 1.82 bits per heavy atom. The number of rotatable bonds is 10. The molecule has 3 aromatic rings. The van der Waals surface area contributed by atoms with Gasteiger partial charge in [0.2, 0.25) is 10.0 Å². The monoisotopic (exact) mass is 534 g/mol. The fourth-order valence-corrected chi connectivity index (χ4v) is 6.14. The molecule has 200 valence electrons. The second kappa shape index (κ2) is 11.8. The molecular weight excluding hydrogens is 500 g/mol. The summed E-state index contributed by atoms with van der Waals surface area (Å²) in [6.45, 7) is 5.64. The van der Waals surface area contributed by atoms with Crippen molar-refractivity contribution in [2.45, 2.75) is 36.6 Å². The molecule has 0 aromatic heterocycles. The number of benzene rings is 3. The number of nitrogens with one attached hydrogen (secondary N) is 2. The van der Waals surface area contributed by atoms with Crippen molar-refractivity contribution in [3.05, 3.63) is 90.1 Å². The van der Waals surface area contributed by atoms with Gasteiger partial charge in [-0.3, -0.25) is 10.2 Å². The van der Waals surface area contributed by atoms with Crippen LogP contribution in [0, 0.1) is 11.3 Å². The van der Waals surface area contributed by atoms with E-state index in [2.05, 4.69) is 16.2 Å². The van der Waals surface area contributed by atoms with E-state index in [1.807, 2.05) is 36.4 Å². The quantitative estimate of drug-likeness (QED) is 0.206. The van der Waals surface area contributed by atoms with Gasteiger partial charge in [0, 0.05) is 30.8 Å². The predicted octanol–water partition coefficient (Wildman–Crippen LogP) is 3.80. The molecule has 4 N–H and O–H groups in total. The van der Waals surface area contributed by atoms with E-state index in [9.17, 15) is 13.2 Å². The summed E-state index contributed by atoms with van der Waals surface area (Å²) in [6, 6.07) is 19.3. The number of piperidine rings is 1. The third-order valence-corrected chi connectivity index (χ3v) is 8.58. The smallest absolute Gasteiger partial charge is 0.305 e. The SMILES string of the molecule is C=C([C@H](Cc1cccc(C(=N)N)c1)NS(=O)(=O)c1ccc2ccccc2c1)N1CCC(CC(=O)OC)CC1. The molecule has 0 saturated carbocycles. The van der Waals surface area contributed by atoms with Crippen LogP contribution in [0.5, 0.6) is 0 Å². The van der Waals surface area contributed by atoms with Gasteiger partial charge >= 0.3 is 5.97 Å². The van der Waals surface area contributed by atoms with Crippen molar-refractivity contribution in [2.75, 3.05) is 20.2 Å². The summed E-state index contributed by atoms with van der Waals surface area (Å²) in [5, 5.41) is 9.57. The average molecular weight is 535 g/mol. The average Bonchev–Trinajstić information content (AvgIpc) is 2.92. The molecule has 4 rings (SSSR count). The van der Waals surface area contributed by atoms with Crippen molar-refractivity contribution < 1.29 is 17.9 Å². The van der Waals surface area contributed by atoms with Gasteiger partial charge in [-0.15, -0.1) is 0 Å². The highest BCUT2D eigenvalue weighted by atomic mass is 32.2. The Bertz CT molecular complexity index is 1450. The van der Waals surface area contributed by atoms with Crippen molar-refractivity contribution in [1.82, 2.24) is 9.62 Å². The van der Waals surface area contributed by atoms with Crippen molar-refractivity contribution in [2.24, 2.45) is 11.7 Å². The van der Waals surface area contributed by atoms with Crippen LogP contribution in [-0.4, -0.2) is 51.4 Å². The molecule has 0 aliphatic carbocycles. The Balaban J connectivity index is 1.58. The van der Waals surface area contributed by atoms with Gasteiger partial charge < -0.3 is 15.4 Å². The maximum absolute atomic E-state index is 13.6. The van der Waals surface area contributed by atoms with Gasteiger partial charge in [0.15, 0.2) is 0 Å². The summed E-state index contributed by atoms with van der Waals surface area (Å²) in [6.07, 6.45) is 2.30. The maximum atomic E-state index is 13.6. The number of likely N-dealkylation sites (tertiary alicyclic amines) is 1. The summed E-state index contributed by atoms with van der Waals surface area (Å²) in [7, 11) is -2.48. The zero-order valence-corrected chi connectivity index (χ0v) is 22.3. The minimum absolute atomic E-state index is 0.0494. The molecule has 0 amide bonds. The Hall–Kier alpha value is -3.69. The normalized spacial score (nSPS) is 15.2. The minimum Gasteiger partial charge on any atom is -0.469 e. The first-order valence-electron chi connectivity index (χ1n) is 12.6. The zero-order chi connectivity index (χ0) is 27.3. The Morgan fingerprint density at radius 1 is 1.11 bits per heavy atom. The van der Waals surface area contributed by atoms with Gasteiger partial charge in [-0.25, -0.2) is 13.1 Å². The lowest BCUT2D eigenvalue weighted by Crippen LogP contribution is -2.45. The molecule has 38 heavy (non-hydrogen) atoms. The largest absolute Gasteiger partial charge is 0.469 e. The molecule has 1 atom stereocenters. The Kier molecular flexibility index (Phi) is 8.48. The number of carbonyl (C=O) groups excluding carboxylic acids is 1. The summed E-state index contributed by atoms with van der Waals surface area (Å²) in [4.78, 5) is 14.0. The first-order chi connectivity index (χ1) is 18.2. The van der Waals surface area contributed by atoms with Crippen LogP contribution >= 0.6 is 0 Å². The Morgan fingerprint density at radius 3 is 2.50 bits per heavy atom. The molecule has 0 unspecified atom stereocenters. The standard InChI is InChI=1S/C29H34N4O4S/c1-20(33-14-12-21(13-15-33)18-28(34)37-2)27(17-22-6-5-9-25(16-22)29(30)31)32-38(35,36)26-11-10-23-7-3-4-8-24(23)19-26/h3-11,16,19,21,27,32H,1,12-15,17-18H2,2H3,(H3,30,31)/t27-/m0/s1. The molecule has 0 radical (unpaired) electrons. The van der Waals surface area contributed by atoms with E-state index >= 15 is 0 Å². The van der Waals surface area contributed by atoms with Crippen LogP contribution in [0.3, 0.4) is 0 Å². The summed E-state index contributed by atoms with van der Waals surface area (Å²) in [5.74, 6) is -0.0354. The number of methoxy groups -OCH3 is 1. The molecule has 1 aliphatic rings. The number of hydrogen-bond donors (Lipinski definition) is 3. The molecule has 9 heteroatoms. The summed E-state index contributed by atoms with van der Waals surface area (Å²) < 4.78 is 34.8. The third kappa shape index (κ3) is 6.59. The lowest BCUT2D eigenvalue weighted by atomic mass is 9.92. The van der Waals surface area contributed by atoms with Crippen molar-refractivity contribution in [3.8, 4) is 0 Å². The van der Waals surface area contributed by atoms with Gasteiger partial charge in [-0.1, -0.05) is 55.1 Å². The summed E-state index contributed by atoms with van der Waals surface area (Å²) in [5.41, 5.74) is 7.77. The second-order valence-corrected chi connectivity index (χ2v) is 11.4. The van der Waals surface area contributed by atoms with E-state index in [4.69, 9.17) is 15.9 Å². The van der Waals surface area contributed by atoms with Crippen LogP contribution in [0.25, 0.3) is 10.8 Å².